The molecule has 0 spiro atoms. The molecule has 0 radical (unpaired) electrons. The Labute approximate surface area is 125 Å². The van der Waals surface area contributed by atoms with Crippen molar-refractivity contribution in [3.63, 3.8) is 0 Å². The molecule has 4 nitrogen and oxygen atoms in total. The first-order chi connectivity index (χ1) is 10.1. The number of carboxylic acids is 1. The smallest absolute Gasteiger partial charge is 0.303 e. The average molecular weight is 289 g/mol. The minimum absolute atomic E-state index is 0.00201. The summed E-state index contributed by atoms with van der Waals surface area (Å²) in [4.78, 5) is 25.5. The van der Waals surface area contributed by atoms with Crippen LogP contribution in [-0.2, 0) is 9.59 Å². The van der Waals surface area contributed by atoms with Gasteiger partial charge < -0.3 is 10.0 Å². The lowest BCUT2D eigenvalue weighted by molar-refractivity contribution is -0.138. The first-order valence-corrected chi connectivity index (χ1v) is 7.64. The second kappa shape index (κ2) is 7.25. The van der Waals surface area contributed by atoms with Gasteiger partial charge in [-0.2, -0.15) is 0 Å². The van der Waals surface area contributed by atoms with Crippen LogP contribution in [-0.4, -0.2) is 34.5 Å². The molecule has 1 amide bonds. The van der Waals surface area contributed by atoms with Gasteiger partial charge in [0.15, 0.2) is 0 Å². The molecule has 0 unspecified atom stereocenters. The molecule has 2 atom stereocenters. The topological polar surface area (TPSA) is 57.6 Å². The molecule has 0 aromatic heterocycles. The summed E-state index contributed by atoms with van der Waals surface area (Å²) in [6, 6.07) is 9.75. The number of hydrogen-bond donors (Lipinski definition) is 1. The molecule has 114 valence electrons. The zero-order chi connectivity index (χ0) is 15.2. The third-order valence-corrected chi connectivity index (χ3v) is 4.24. The van der Waals surface area contributed by atoms with Gasteiger partial charge in [0.2, 0.25) is 5.91 Å². The van der Waals surface area contributed by atoms with Crippen LogP contribution in [0.5, 0.6) is 0 Å². The molecule has 0 saturated carbocycles. The molecule has 1 aliphatic heterocycles. The first kappa shape index (κ1) is 15.5. The lowest BCUT2D eigenvalue weighted by Crippen LogP contribution is -2.42. The number of nitrogens with zero attached hydrogens (tertiary/aromatic N) is 1. The Morgan fingerprint density at radius 2 is 1.95 bits per heavy atom. The summed E-state index contributed by atoms with van der Waals surface area (Å²) in [5.74, 6) is -1.02. The Morgan fingerprint density at radius 3 is 2.57 bits per heavy atom. The van der Waals surface area contributed by atoms with Gasteiger partial charge in [-0.25, -0.2) is 0 Å². The number of likely N-dealkylation sites (tertiary alicyclic amines) is 1. The van der Waals surface area contributed by atoms with E-state index in [9.17, 15) is 9.59 Å². The third-order valence-electron chi connectivity index (χ3n) is 4.24. The van der Waals surface area contributed by atoms with E-state index < -0.39 is 5.97 Å². The van der Waals surface area contributed by atoms with Crippen molar-refractivity contribution in [2.45, 2.75) is 51.0 Å². The van der Waals surface area contributed by atoms with Crippen LogP contribution in [0.25, 0.3) is 0 Å². The highest BCUT2D eigenvalue weighted by Gasteiger charge is 2.27. The molecule has 1 aromatic rings. The van der Waals surface area contributed by atoms with E-state index in [0.29, 0.717) is 0 Å². The van der Waals surface area contributed by atoms with Crippen molar-refractivity contribution in [1.82, 2.24) is 4.90 Å². The maximum Gasteiger partial charge on any atom is 0.303 e. The van der Waals surface area contributed by atoms with Crippen LogP contribution in [0.15, 0.2) is 30.3 Å². The third kappa shape index (κ3) is 4.31. The van der Waals surface area contributed by atoms with Crippen LogP contribution in [0.4, 0.5) is 0 Å². The van der Waals surface area contributed by atoms with Gasteiger partial charge >= 0.3 is 5.97 Å². The van der Waals surface area contributed by atoms with Crippen LogP contribution in [0.3, 0.4) is 0 Å². The lowest BCUT2D eigenvalue weighted by Gasteiger charge is -2.34. The molecule has 1 aromatic carbocycles. The van der Waals surface area contributed by atoms with Crippen molar-refractivity contribution < 1.29 is 14.7 Å². The van der Waals surface area contributed by atoms with Crippen molar-refractivity contribution in [1.29, 1.82) is 0 Å². The fourth-order valence-electron chi connectivity index (χ4n) is 3.04. The van der Waals surface area contributed by atoms with Crippen LogP contribution >= 0.6 is 0 Å². The predicted molar refractivity (Wildman–Crippen MR) is 81.1 cm³/mol. The number of carboxylic acid groups (broad SMARTS) is 1. The first-order valence-electron chi connectivity index (χ1n) is 7.64. The molecule has 21 heavy (non-hydrogen) atoms. The molecule has 1 fully saturated rings. The number of rotatable bonds is 5. The molecule has 1 N–H and O–H groups in total. The maximum atomic E-state index is 12.5. The number of carbonyl (C=O) groups excluding carboxylic acids is 1. The molecule has 2 rings (SSSR count). The largest absolute Gasteiger partial charge is 0.481 e. The van der Waals surface area contributed by atoms with Crippen molar-refractivity contribution in [2.75, 3.05) is 6.54 Å². The van der Waals surface area contributed by atoms with Gasteiger partial charge in [0.05, 0.1) is 6.42 Å². The minimum Gasteiger partial charge on any atom is -0.481 e. The standard InChI is InChI=1S/C17H23NO3/c1-13-7-5-6-10-18(13)16(19)11-15(12-17(20)21)14-8-3-2-4-9-14/h2-4,8-9,13,15H,5-7,10-12H2,1H3,(H,20,21)/t13-,15-/m1/s1. The average Bonchev–Trinajstić information content (AvgIpc) is 2.47. The Kier molecular flexibility index (Phi) is 5.37. The number of piperidine rings is 1. The molecule has 1 heterocycles. The van der Waals surface area contributed by atoms with E-state index in [1.807, 2.05) is 35.2 Å². The zero-order valence-corrected chi connectivity index (χ0v) is 12.5. The lowest BCUT2D eigenvalue weighted by atomic mass is 9.91. The van der Waals surface area contributed by atoms with E-state index in [1.54, 1.807) is 0 Å². The predicted octanol–water partition coefficient (Wildman–Crippen LogP) is 3.04. The number of hydrogen-bond acceptors (Lipinski definition) is 2. The van der Waals surface area contributed by atoms with E-state index >= 15 is 0 Å². The number of benzene rings is 1. The number of aliphatic carboxylic acids is 1. The quantitative estimate of drug-likeness (QED) is 0.906. The monoisotopic (exact) mass is 289 g/mol. The van der Waals surface area contributed by atoms with Crippen LogP contribution < -0.4 is 0 Å². The Morgan fingerprint density at radius 1 is 1.24 bits per heavy atom. The highest BCUT2D eigenvalue weighted by atomic mass is 16.4. The summed E-state index contributed by atoms with van der Waals surface area (Å²) in [6.07, 6.45) is 3.53. The van der Waals surface area contributed by atoms with Crippen molar-refractivity contribution in [3.05, 3.63) is 35.9 Å². The minimum atomic E-state index is -0.858. The summed E-state index contributed by atoms with van der Waals surface area (Å²) in [5, 5.41) is 9.10. The number of amides is 1. The molecule has 1 saturated heterocycles. The van der Waals surface area contributed by atoms with Gasteiger partial charge in [-0.05, 0) is 31.7 Å². The molecule has 1 aliphatic rings. The van der Waals surface area contributed by atoms with E-state index in [-0.39, 0.29) is 30.7 Å². The second-order valence-corrected chi connectivity index (χ2v) is 5.84. The Hall–Kier alpha value is -1.84. The van der Waals surface area contributed by atoms with Gasteiger partial charge in [-0.1, -0.05) is 30.3 Å². The van der Waals surface area contributed by atoms with Crippen molar-refractivity contribution in [3.8, 4) is 0 Å². The summed E-state index contributed by atoms with van der Waals surface area (Å²) >= 11 is 0. The molecule has 4 heteroatoms. The van der Waals surface area contributed by atoms with Gasteiger partial charge in [0.1, 0.15) is 0 Å². The normalized spacial score (nSPS) is 20.0. The highest BCUT2D eigenvalue weighted by Crippen LogP contribution is 2.26. The van der Waals surface area contributed by atoms with Crippen molar-refractivity contribution >= 4 is 11.9 Å². The summed E-state index contributed by atoms with van der Waals surface area (Å²) in [7, 11) is 0. The van der Waals surface area contributed by atoms with E-state index in [0.717, 1.165) is 24.9 Å². The van der Waals surface area contributed by atoms with Crippen molar-refractivity contribution in [2.24, 2.45) is 0 Å². The van der Waals surface area contributed by atoms with Gasteiger partial charge in [-0.15, -0.1) is 0 Å². The second-order valence-electron chi connectivity index (χ2n) is 5.84. The zero-order valence-electron chi connectivity index (χ0n) is 12.5. The van der Waals surface area contributed by atoms with Crippen LogP contribution in [0.2, 0.25) is 0 Å². The molecule has 0 aliphatic carbocycles. The molecule has 0 bridgehead atoms. The SMILES string of the molecule is C[C@@H]1CCCCN1C(=O)C[C@H](CC(=O)O)c1ccccc1. The Bertz CT molecular complexity index is 486. The van der Waals surface area contributed by atoms with E-state index in [2.05, 4.69) is 6.92 Å². The highest BCUT2D eigenvalue weighted by molar-refractivity contribution is 5.79. The van der Waals surface area contributed by atoms with Gasteiger partial charge in [0, 0.05) is 24.9 Å². The molecular formula is C17H23NO3. The van der Waals surface area contributed by atoms with Crippen LogP contribution in [0.1, 0.15) is 50.5 Å². The molecular weight excluding hydrogens is 266 g/mol. The van der Waals surface area contributed by atoms with E-state index in [1.165, 1.54) is 6.42 Å². The maximum absolute atomic E-state index is 12.5. The van der Waals surface area contributed by atoms with Gasteiger partial charge in [-0.3, -0.25) is 9.59 Å². The fourth-order valence-corrected chi connectivity index (χ4v) is 3.04. The van der Waals surface area contributed by atoms with E-state index in [4.69, 9.17) is 5.11 Å². The Balaban J connectivity index is 2.07. The van der Waals surface area contributed by atoms with Gasteiger partial charge in [0.25, 0.3) is 0 Å². The number of carbonyl (C=O) groups is 2. The van der Waals surface area contributed by atoms with Crippen LogP contribution in [0, 0.1) is 0 Å². The summed E-state index contributed by atoms with van der Waals surface area (Å²) < 4.78 is 0. The summed E-state index contributed by atoms with van der Waals surface area (Å²) in [5.41, 5.74) is 0.929. The fraction of sp³-hybridized carbons (Fsp3) is 0.529. The summed E-state index contributed by atoms with van der Waals surface area (Å²) in [6.45, 7) is 2.88.